The highest BCUT2D eigenvalue weighted by atomic mass is 32.1. The molecule has 0 bridgehead atoms. The van der Waals surface area contributed by atoms with E-state index in [1.165, 1.54) is 15.6 Å². The van der Waals surface area contributed by atoms with Gasteiger partial charge in [0.2, 0.25) is 0 Å². The highest BCUT2D eigenvalue weighted by Crippen LogP contribution is 2.26. The predicted octanol–water partition coefficient (Wildman–Crippen LogP) is 3.34. The van der Waals surface area contributed by atoms with Crippen LogP contribution in [0.4, 0.5) is 0 Å². The SMILES string of the molecule is COCCCc1nc(C(C)C)c(CNC(C)C)s1. The van der Waals surface area contributed by atoms with E-state index in [1.54, 1.807) is 7.11 Å². The van der Waals surface area contributed by atoms with Crippen LogP contribution in [0.25, 0.3) is 0 Å². The summed E-state index contributed by atoms with van der Waals surface area (Å²) in [4.78, 5) is 6.18. The lowest BCUT2D eigenvalue weighted by molar-refractivity contribution is 0.195. The fourth-order valence-corrected chi connectivity index (χ4v) is 2.98. The van der Waals surface area contributed by atoms with Crippen LogP contribution in [0, 0.1) is 0 Å². The Morgan fingerprint density at radius 3 is 2.56 bits per heavy atom. The van der Waals surface area contributed by atoms with Crippen molar-refractivity contribution in [2.45, 2.75) is 59.0 Å². The molecule has 0 radical (unpaired) electrons. The Hall–Kier alpha value is -0.450. The molecule has 0 aliphatic rings. The van der Waals surface area contributed by atoms with Crippen molar-refractivity contribution in [1.29, 1.82) is 0 Å². The molecule has 4 heteroatoms. The van der Waals surface area contributed by atoms with Crippen molar-refractivity contribution in [3.63, 3.8) is 0 Å². The van der Waals surface area contributed by atoms with Crippen molar-refractivity contribution in [2.75, 3.05) is 13.7 Å². The van der Waals surface area contributed by atoms with E-state index in [1.807, 2.05) is 11.3 Å². The van der Waals surface area contributed by atoms with Crippen LogP contribution in [0.2, 0.25) is 0 Å². The molecule has 0 fully saturated rings. The third-order valence-electron chi connectivity index (χ3n) is 2.73. The van der Waals surface area contributed by atoms with Crippen molar-refractivity contribution < 1.29 is 4.74 Å². The normalized spacial score (nSPS) is 11.7. The second-order valence-electron chi connectivity index (χ2n) is 5.20. The molecule has 0 aromatic carbocycles. The summed E-state index contributed by atoms with van der Waals surface area (Å²) < 4.78 is 5.09. The summed E-state index contributed by atoms with van der Waals surface area (Å²) in [7, 11) is 1.75. The van der Waals surface area contributed by atoms with Gasteiger partial charge in [0.05, 0.1) is 10.7 Å². The zero-order valence-corrected chi connectivity index (χ0v) is 13.1. The summed E-state index contributed by atoms with van der Waals surface area (Å²) in [6.07, 6.45) is 2.08. The molecule has 0 saturated carbocycles. The van der Waals surface area contributed by atoms with Gasteiger partial charge in [-0.3, -0.25) is 0 Å². The van der Waals surface area contributed by atoms with Crippen molar-refractivity contribution in [3.8, 4) is 0 Å². The second-order valence-corrected chi connectivity index (χ2v) is 6.37. The number of rotatable bonds is 8. The molecule has 0 aliphatic carbocycles. The van der Waals surface area contributed by atoms with E-state index in [0.717, 1.165) is 26.0 Å². The Balaban J connectivity index is 2.67. The van der Waals surface area contributed by atoms with Crippen LogP contribution in [0.5, 0.6) is 0 Å². The van der Waals surface area contributed by atoms with Crippen molar-refractivity contribution in [1.82, 2.24) is 10.3 Å². The van der Waals surface area contributed by atoms with E-state index in [9.17, 15) is 0 Å². The van der Waals surface area contributed by atoms with Gasteiger partial charge in [-0.15, -0.1) is 11.3 Å². The van der Waals surface area contributed by atoms with Crippen molar-refractivity contribution >= 4 is 11.3 Å². The van der Waals surface area contributed by atoms with Gasteiger partial charge in [0.25, 0.3) is 0 Å². The standard InChI is InChI=1S/C14H26N2OS/c1-10(2)14-12(9-15-11(3)4)18-13(16-14)7-6-8-17-5/h10-11,15H,6-9H2,1-5H3. The molecule has 1 heterocycles. The Kier molecular flexibility index (Phi) is 6.82. The van der Waals surface area contributed by atoms with Crippen LogP contribution in [-0.2, 0) is 17.7 Å². The van der Waals surface area contributed by atoms with Gasteiger partial charge in [0.1, 0.15) is 0 Å². The maximum Gasteiger partial charge on any atom is 0.0932 e. The van der Waals surface area contributed by atoms with E-state index < -0.39 is 0 Å². The summed E-state index contributed by atoms with van der Waals surface area (Å²) in [5, 5.41) is 4.73. The molecule has 1 N–H and O–H groups in total. The van der Waals surface area contributed by atoms with Gasteiger partial charge in [-0.2, -0.15) is 0 Å². The van der Waals surface area contributed by atoms with Gasteiger partial charge < -0.3 is 10.1 Å². The topological polar surface area (TPSA) is 34.1 Å². The van der Waals surface area contributed by atoms with Gasteiger partial charge in [-0.1, -0.05) is 27.7 Å². The maximum absolute atomic E-state index is 5.09. The Morgan fingerprint density at radius 1 is 1.28 bits per heavy atom. The third kappa shape index (κ3) is 5.04. The second kappa shape index (κ2) is 7.87. The summed E-state index contributed by atoms with van der Waals surface area (Å²) >= 11 is 1.85. The number of hydrogen-bond acceptors (Lipinski definition) is 4. The molecule has 1 aromatic heterocycles. The van der Waals surface area contributed by atoms with Gasteiger partial charge in [-0.25, -0.2) is 4.98 Å². The minimum absolute atomic E-state index is 0.501. The number of nitrogens with one attached hydrogen (secondary N) is 1. The number of aryl methyl sites for hydroxylation is 1. The zero-order chi connectivity index (χ0) is 13.5. The quantitative estimate of drug-likeness (QED) is 0.736. The van der Waals surface area contributed by atoms with Crippen LogP contribution in [0.15, 0.2) is 0 Å². The van der Waals surface area contributed by atoms with E-state index >= 15 is 0 Å². The van der Waals surface area contributed by atoms with E-state index in [0.29, 0.717) is 12.0 Å². The van der Waals surface area contributed by atoms with Gasteiger partial charge >= 0.3 is 0 Å². The summed E-state index contributed by atoms with van der Waals surface area (Å²) in [5.74, 6) is 0.501. The number of nitrogens with zero attached hydrogens (tertiary/aromatic N) is 1. The molecule has 0 amide bonds. The molecule has 0 spiro atoms. The van der Waals surface area contributed by atoms with Crippen LogP contribution < -0.4 is 5.32 Å². The van der Waals surface area contributed by atoms with Crippen molar-refractivity contribution in [3.05, 3.63) is 15.6 Å². The smallest absolute Gasteiger partial charge is 0.0932 e. The molecule has 1 rings (SSSR count). The Morgan fingerprint density at radius 2 is 2.00 bits per heavy atom. The van der Waals surface area contributed by atoms with Crippen LogP contribution >= 0.6 is 11.3 Å². The third-order valence-corrected chi connectivity index (χ3v) is 3.86. The highest BCUT2D eigenvalue weighted by Gasteiger charge is 2.14. The molecule has 1 aromatic rings. The number of thiazole rings is 1. The van der Waals surface area contributed by atoms with Crippen molar-refractivity contribution in [2.24, 2.45) is 0 Å². The first kappa shape index (κ1) is 15.6. The monoisotopic (exact) mass is 270 g/mol. The molecule has 104 valence electrons. The molecule has 18 heavy (non-hydrogen) atoms. The minimum atomic E-state index is 0.501. The highest BCUT2D eigenvalue weighted by molar-refractivity contribution is 7.11. The van der Waals surface area contributed by atoms with Crippen LogP contribution in [0.3, 0.4) is 0 Å². The lowest BCUT2D eigenvalue weighted by Crippen LogP contribution is -2.22. The first-order valence-electron chi connectivity index (χ1n) is 6.75. The largest absolute Gasteiger partial charge is 0.385 e. The fraction of sp³-hybridized carbons (Fsp3) is 0.786. The average molecular weight is 270 g/mol. The lowest BCUT2D eigenvalue weighted by Gasteiger charge is -2.09. The van der Waals surface area contributed by atoms with E-state index in [2.05, 4.69) is 33.0 Å². The molecule has 0 atom stereocenters. The number of ether oxygens (including phenoxy) is 1. The van der Waals surface area contributed by atoms with Crippen LogP contribution in [0.1, 0.15) is 55.6 Å². The maximum atomic E-state index is 5.09. The first-order valence-corrected chi connectivity index (χ1v) is 7.57. The molecular weight excluding hydrogens is 244 g/mol. The average Bonchev–Trinajstić information content (AvgIpc) is 2.70. The van der Waals surface area contributed by atoms with E-state index in [-0.39, 0.29) is 0 Å². The Labute approximate surface area is 115 Å². The molecule has 0 unspecified atom stereocenters. The molecule has 0 aliphatic heterocycles. The first-order chi connectivity index (χ1) is 8.54. The predicted molar refractivity (Wildman–Crippen MR) is 78.4 cm³/mol. The molecule has 3 nitrogen and oxygen atoms in total. The van der Waals surface area contributed by atoms with Crippen LogP contribution in [-0.4, -0.2) is 24.7 Å². The van der Waals surface area contributed by atoms with Gasteiger partial charge in [0, 0.05) is 37.6 Å². The fourth-order valence-electron chi connectivity index (χ4n) is 1.76. The molecular formula is C14H26N2OS. The number of hydrogen-bond donors (Lipinski definition) is 1. The van der Waals surface area contributed by atoms with Gasteiger partial charge in [-0.05, 0) is 12.3 Å². The molecule has 0 saturated heterocycles. The summed E-state index contributed by atoms with van der Waals surface area (Å²) in [5.41, 5.74) is 1.26. The Bertz CT molecular complexity index is 348. The number of methoxy groups -OCH3 is 1. The number of aromatic nitrogens is 1. The minimum Gasteiger partial charge on any atom is -0.385 e. The lowest BCUT2D eigenvalue weighted by atomic mass is 10.1. The van der Waals surface area contributed by atoms with E-state index in [4.69, 9.17) is 9.72 Å². The summed E-state index contributed by atoms with van der Waals surface area (Å²) in [6, 6.07) is 0.518. The zero-order valence-electron chi connectivity index (χ0n) is 12.2. The summed E-state index contributed by atoms with van der Waals surface area (Å²) in [6.45, 7) is 10.5. The van der Waals surface area contributed by atoms with Gasteiger partial charge in [0.15, 0.2) is 0 Å².